The molecule has 6 heteroatoms. The van der Waals surface area contributed by atoms with Crippen LogP contribution >= 0.6 is 0 Å². The standard InChI is InChI=1S/C10H17NO5/c12-6-2-1-5-11-9(13)7-3-4-8(16-7)10(14)15/h7-8,12H,1-6H2,(H,11,13)(H,14,15)/t7-,8+/m0/s1. The molecule has 1 fully saturated rings. The minimum atomic E-state index is -1.02. The van der Waals surface area contributed by atoms with E-state index in [0.29, 0.717) is 32.2 Å². The van der Waals surface area contributed by atoms with Crippen LogP contribution in [0.25, 0.3) is 0 Å². The third-order valence-corrected chi connectivity index (χ3v) is 2.47. The Bertz CT molecular complexity index is 256. The summed E-state index contributed by atoms with van der Waals surface area (Å²) in [6, 6.07) is 0. The first kappa shape index (κ1) is 12.9. The van der Waals surface area contributed by atoms with Gasteiger partial charge in [-0.3, -0.25) is 4.79 Å². The third kappa shape index (κ3) is 3.79. The molecule has 1 heterocycles. The monoisotopic (exact) mass is 231 g/mol. The Morgan fingerprint density at radius 3 is 2.50 bits per heavy atom. The summed E-state index contributed by atoms with van der Waals surface area (Å²) in [4.78, 5) is 22.1. The zero-order valence-electron chi connectivity index (χ0n) is 9.02. The van der Waals surface area contributed by atoms with Crippen LogP contribution in [0.4, 0.5) is 0 Å². The lowest BCUT2D eigenvalue weighted by Gasteiger charge is -2.11. The summed E-state index contributed by atoms with van der Waals surface area (Å²) in [5.74, 6) is -1.28. The highest BCUT2D eigenvalue weighted by molar-refractivity contribution is 5.82. The zero-order valence-corrected chi connectivity index (χ0v) is 9.02. The number of unbranched alkanes of at least 4 members (excludes halogenated alkanes) is 1. The fraction of sp³-hybridized carbons (Fsp3) is 0.800. The van der Waals surface area contributed by atoms with E-state index in [1.165, 1.54) is 0 Å². The van der Waals surface area contributed by atoms with Crippen molar-refractivity contribution in [2.45, 2.75) is 37.9 Å². The number of rotatable bonds is 6. The first-order chi connectivity index (χ1) is 7.65. The second-order valence-electron chi connectivity index (χ2n) is 3.75. The molecule has 92 valence electrons. The summed E-state index contributed by atoms with van der Waals surface area (Å²) in [6.45, 7) is 0.591. The minimum absolute atomic E-state index is 0.108. The summed E-state index contributed by atoms with van der Waals surface area (Å²) in [5.41, 5.74) is 0. The zero-order chi connectivity index (χ0) is 12.0. The predicted molar refractivity (Wildman–Crippen MR) is 54.9 cm³/mol. The maximum atomic E-state index is 11.5. The molecule has 1 rings (SSSR count). The van der Waals surface area contributed by atoms with Crippen molar-refractivity contribution in [1.82, 2.24) is 5.32 Å². The Balaban J connectivity index is 2.20. The number of carboxylic acid groups (broad SMARTS) is 1. The first-order valence-electron chi connectivity index (χ1n) is 5.42. The molecule has 16 heavy (non-hydrogen) atoms. The SMILES string of the molecule is O=C(NCCCCO)[C@@H]1CC[C@H](C(=O)O)O1. The first-order valence-corrected chi connectivity index (χ1v) is 5.42. The molecule has 0 unspecified atom stereocenters. The van der Waals surface area contributed by atoms with E-state index in [0.717, 1.165) is 0 Å². The van der Waals surface area contributed by atoms with Gasteiger partial charge in [0.15, 0.2) is 6.10 Å². The normalized spacial score (nSPS) is 24.3. The van der Waals surface area contributed by atoms with E-state index < -0.39 is 18.2 Å². The molecule has 0 saturated carbocycles. The quantitative estimate of drug-likeness (QED) is 0.536. The number of amides is 1. The number of hydrogen-bond acceptors (Lipinski definition) is 4. The van der Waals surface area contributed by atoms with Crippen LogP contribution in [0.1, 0.15) is 25.7 Å². The molecule has 0 aromatic carbocycles. The van der Waals surface area contributed by atoms with Crippen LogP contribution in [0.2, 0.25) is 0 Å². The van der Waals surface area contributed by atoms with E-state index in [-0.39, 0.29) is 12.5 Å². The van der Waals surface area contributed by atoms with Gasteiger partial charge >= 0.3 is 5.97 Å². The molecular weight excluding hydrogens is 214 g/mol. The molecule has 0 aliphatic carbocycles. The number of hydrogen-bond donors (Lipinski definition) is 3. The van der Waals surface area contributed by atoms with Gasteiger partial charge < -0.3 is 20.3 Å². The highest BCUT2D eigenvalue weighted by Crippen LogP contribution is 2.19. The molecule has 6 nitrogen and oxygen atoms in total. The largest absolute Gasteiger partial charge is 0.479 e. The smallest absolute Gasteiger partial charge is 0.332 e. The number of ether oxygens (including phenoxy) is 1. The molecule has 0 bridgehead atoms. The fourth-order valence-electron chi connectivity index (χ4n) is 1.57. The maximum Gasteiger partial charge on any atom is 0.332 e. The van der Waals surface area contributed by atoms with Gasteiger partial charge in [0.25, 0.3) is 0 Å². The van der Waals surface area contributed by atoms with E-state index in [1.54, 1.807) is 0 Å². The topological polar surface area (TPSA) is 95.9 Å². The summed E-state index contributed by atoms with van der Waals surface area (Å²) < 4.78 is 5.08. The van der Waals surface area contributed by atoms with Gasteiger partial charge in [0.05, 0.1) is 0 Å². The molecule has 2 atom stereocenters. The van der Waals surface area contributed by atoms with Gasteiger partial charge in [-0.25, -0.2) is 4.79 Å². The molecule has 3 N–H and O–H groups in total. The van der Waals surface area contributed by atoms with Crippen LogP contribution < -0.4 is 5.32 Å². The lowest BCUT2D eigenvalue weighted by atomic mass is 10.2. The van der Waals surface area contributed by atoms with Crippen molar-refractivity contribution in [2.75, 3.05) is 13.2 Å². The van der Waals surface area contributed by atoms with Gasteiger partial charge in [-0.2, -0.15) is 0 Å². The van der Waals surface area contributed by atoms with Gasteiger partial charge in [0.2, 0.25) is 5.91 Å². The highest BCUT2D eigenvalue weighted by atomic mass is 16.5. The van der Waals surface area contributed by atoms with Gasteiger partial charge in [0, 0.05) is 13.2 Å². The lowest BCUT2D eigenvalue weighted by molar-refractivity contribution is -0.151. The van der Waals surface area contributed by atoms with Crippen molar-refractivity contribution in [1.29, 1.82) is 0 Å². The van der Waals surface area contributed by atoms with Crippen molar-refractivity contribution >= 4 is 11.9 Å². The number of aliphatic carboxylic acids is 1. The summed E-state index contributed by atoms with van der Waals surface area (Å²) in [5, 5.41) is 19.9. The number of aliphatic hydroxyl groups is 1. The van der Waals surface area contributed by atoms with Gasteiger partial charge in [0.1, 0.15) is 6.10 Å². The van der Waals surface area contributed by atoms with Crippen LogP contribution in [-0.2, 0) is 14.3 Å². The van der Waals surface area contributed by atoms with Gasteiger partial charge in [-0.05, 0) is 25.7 Å². The summed E-state index contributed by atoms with van der Waals surface area (Å²) in [6.07, 6.45) is 0.678. The Labute approximate surface area is 93.6 Å². The molecule has 0 radical (unpaired) electrons. The van der Waals surface area contributed by atoms with Crippen LogP contribution in [-0.4, -0.2) is 47.4 Å². The third-order valence-electron chi connectivity index (χ3n) is 2.47. The molecule has 1 amide bonds. The molecule has 1 saturated heterocycles. The molecule has 0 spiro atoms. The van der Waals surface area contributed by atoms with Crippen LogP contribution in [0.15, 0.2) is 0 Å². The maximum absolute atomic E-state index is 11.5. The van der Waals surface area contributed by atoms with E-state index in [2.05, 4.69) is 5.32 Å². The average molecular weight is 231 g/mol. The summed E-state index contributed by atoms with van der Waals surface area (Å²) >= 11 is 0. The Morgan fingerprint density at radius 2 is 1.94 bits per heavy atom. The van der Waals surface area contributed by atoms with E-state index in [4.69, 9.17) is 14.9 Å². The summed E-state index contributed by atoms with van der Waals surface area (Å²) in [7, 11) is 0. The van der Waals surface area contributed by atoms with Crippen molar-refractivity contribution in [3.05, 3.63) is 0 Å². The van der Waals surface area contributed by atoms with Crippen LogP contribution in [0, 0.1) is 0 Å². The second kappa shape index (κ2) is 6.44. The van der Waals surface area contributed by atoms with E-state index in [1.807, 2.05) is 0 Å². The number of carbonyl (C=O) groups excluding carboxylic acids is 1. The Kier molecular flexibility index (Phi) is 5.21. The van der Waals surface area contributed by atoms with Gasteiger partial charge in [-0.15, -0.1) is 0 Å². The van der Waals surface area contributed by atoms with E-state index in [9.17, 15) is 9.59 Å². The van der Waals surface area contributed by atoms with Crippen molar-refractivity contribution in [2.24, 2.45) is 0 Å². The molecule has 1 aliphatic rings. The van der Waals surface area contributed by atoms with Crippen molar-refractivity contribution in [3.63, 3.8) is 0 Å². The highest BCUT2D eigenvalue weighted by Gasteiger charge is 2.34. The number of nitrogens with one attached hydrogen (secondary N) is 1. The van der Waals surface area contributed by atoms with Gasteiger partial charge in [-0.1, -0.05) is 0 Å². The van der Waals surface area contributed by atoms with Crippen LogP contribution in [0.3, 0.4) is 0 Å². The molecule has 0 aromatic heterocycles. The second-order valence-corrected chi connectivity index (χ2v) is 3.75. The predicted octanol–water partition coefficient (Wildman–Crippen LogP) is -0.493. The van der Waals surface area contributed by atoms with Crippen molar-refractivity contribution < 1.29 is 24.5 Å². The Morgan fingerprint density at radius 1 is 1.25 bits per heavy atom. The molecule has 1 aliphatic heterocycles. The number of carbonyl (C=O) groups is 2. The molecular formula is C10H17NO5. The van der Waals surface area contributed by atoms with Crippen molar-refractivity contribution in [3.8, 4) is 0 Å². The Hall–Kier alpha value is -1.14. The minimum Gasteiger partial charge on any atom is -0.479 e. The fourth-order valence-corrected chi connectivity index (χ4v) is 1.57. The average Bonchev–Trinajstić information content (AvgIpc) is 2.73. The number of aliphatic hydroxyl groups excluding tert-OH is 1. The van der Waals surface area contributed by atoms with Crippen LogP contribution in [0.5, 0.6) is 0 Å². The molecule has 0 aromatic rings. The van der Waals surface area contributed by atoms with E-state index >= 15 is 0 Å². The lowest BCUT2D eigenvalue weighted by Crippen LogP contribution is -2.36. The number of carboxylic acids is 1.